The van der Waals surface area contributed by atoms with Crippen LogP contribution in [0.4, 0.5) is 5.69 Å². The summed E-state index contributed by atoms with van der Waals surface area (Å²) in [4.78, 5) is 27.4. The van der Waals surface area contributed by atoms with Gasteiger partial charge in [0, 0.05) is 18.1 Å². The van der Waals surface area contributed by atoms with E-state index in [0.29, 0.717) is 17.3 Å². The molecule has 2 aromatic rings. The van der Waals surface area contributed by atoms with Gasteiger partial charge in [-0.3, -0.25) is 13.9 Å². The van der Waals surface area contributed by atoms with E-state index in [2.05, 4.69) is 5.32 Å². The summed E-state index contributed by atoms with van der Waals surface area (Å²) >= 11 is 5.96. The molecule has 0 radical (unpaired) electrons. The van der Waals surface area contributed by atoms with Gasteiger partial charge >= 0.3 is 0 Å². The minimum atomic E-state index is -3.73. The largest absolute Gasteiger partial charge is 0.354 e. The van der Waals surface area contributed by atoms with E-state index in [4.69, 9.17) is 11.6 Å². The molecule has 9 heteroatoms. The van der Waals surface area contributed by atoms with Gasteiger partial charge in [-0.15, -0.1) is 0 Å². The molecule has 0 aliphatic rings. The van der Waals surface area contributed by atoms with Crippen LogP contribution in [0, 0.1) is 6.92 Å². The number of hydrogen-bond acceptors (Lipinski definition) is 4. The first-order valence-corrected chi connectivity index (χ1v) is 12.6. The van der Waals surface area contributed by atoms with Crippen molar-refractivity contribution in [2.24, 2.45) is 0 Å². The van der Waals surface area contributed by atoms with Crippen LogP contribution in [0.2, 0.25) is 5.02 Å². The summed E-state index contributed by atoms with van der Waals surface area (Å²) in [5.74, 6) is -0.776. The number of carbonyl (C=O) groups is 2. The van der Waals surface area contributed by atoms with Gasteiger partial charge in [0.15, 0.2) is 0 Å². The van der Waals surface area contributed by atoms with Crippen LogP contribution in [0.3, 0.4) is 0 Å². The van der Waals surface area contributed by atoms with Crippen molar-refractivity contribution in [1.29, 1.82) is 0 Å². The van der Waals surface area contributed by atoms with Crippen molar-refractivity contribution in [3.8, 4) is 0 Å². The van der Waals surface area contributed by atoms with Crippen LogP contribution in [0.15, 0.2) is 48.5 Å². The molecule has 0 aromatic heterocycles. The summed E-state index contributed by atoms with van der Waals surface area (Å²) in [5, 5.41) is 3.36. The summed E-state index contributed by atoms with van der Waals surface area (Å²) in [7, 11) is -3.73. The Labute approximate surface area is 195 Å². The Bertz CT molecular complexity index is 1040. The van der Waals surface area contributed by atoms with E-state index in [1.807, 2.05) is 19.9 Å². The van der Waals surface area contributed by atoms with Crippen LogP contribution in [-0.2, 0) is 26.2 Å². The van der Waals surface area contributed by atoms with Crippen molar-refractivity contribution < 1.29 is 18.0 Å². The van der Waals surface area contributed by atoms with Gasteiger partial charge in [-0.05, 0) is 55.7 Å². The van der Waals surface area contributed by atoms with E-state index in [1.165, 1.54) is 4.90 Å². The predicted molar refractivity (Wildman–Crippen MR) is 128 cm³/mol. The van der Waals surface area contributed by atoms with Crippen molar-refractivity contribution in [2.75, 3.05) is 23.7 Å². The number of sulfonamides is 1. The highest BCUT2D eigenvalue weighted by atomic mass is 35.5. The van der Waals surface area contributed by atoms with Gasteiger partial charge in [-0.2, -0.15) is 0 Å². The Morgan fingerprint density at radius 3 is 2.34 bits per heavy atom. The summed E-state index contributed by atoms with van der Waals surface area (Å²) in [5.41, 5.74) is 2.05. The molecule has 1 N–H and O–H groups in total. The lowest BCUT2D eigenvalue weighted by atomic mass is 10.1. The fourth-order valence-electron chi connectivity index (χ4n) is 3.16. The molecular weight excluding hydrogens is 450 g/mol. The number of nitrogens with zero attached hydrogens (tertiary/aromatic N) is 2. The number of nitrogens with one attached hydrogen (secondary N) is 1. The zero-order chi connectivity index (χ0) is 23.9. The molecular formula is C23H30ClN3O4S. The van der Waals surface area contributed by atoms with Crippen LogP contribution < -0.4 is 9.62 Å². The van der Waals surface area contributed by atoms with E-state index in [9.17, 15) is 18.0 Å². The van der Waals surface area contributed by atoms with Gasteiger partial charge in [0.05, 0.1) is 11.9 Å². The lowest BCUT2D eigenvalue weighted by Gasteiger charge is -2.31. The Hall–Kier alpha value is -2.58. The average molecular weight is 480 g/mol. The lowest BCUT2D eigenvalue weighted by molar-refractivity contribution is -0.139. The number of anilines is 1. The lowest BCUT2D eigenvalue weighted by Crippen LogP contribution is -2.51. The first-order chi connectivity index (χ1) is 15.0. The molecule has 174 valence electrons. The molecule has 1 atom stereocenters. The summed E-state index contributed by atoms with van der Waals surface area (Å²) < 4.78 is 26.1. The number of carbonyl (C=O) groups excluding carboxylic acids is 2. The van der Waals surface area contributed by atoms with E-state index >= 15 is 0 Å². The van der Waals surface area contributed by atoms with Gasteiger partial charge in [-0.25, -0.2) is 8.42 Å². The molecule has 0 spiro atoms. The zero-order valence-corrected chi connectivity index (χ0v) is 20.4. The second-order valence-electron chi connectivity index (χ2n) is 7.72. The van der Waals surface area contributed by atoms with Crippen molar-refractivity contribution in [3.05, 3.63) is 64.7 Å². The van der Waals surface area contributed by atoms with Gasteiger partial charge in [0.25, 0.3) is 0 Å². The second kappa shape index (κ2) is 11.3. The maximum Gasteiger partial charge on any atom is 0.244 e. The number of rotatable bonds is 10. The van der Waals surface area contributed by atoms with Crippen molar-refractivity contribution >= 4 is 39.1 Å². The normalized spacial score (nSPS) is 12.2. The molecule has 2 rings (SSSR count). The maximum atomic E-state index is 13.4. The number of aryl methyl sites for hydroxylation is 1. The highest BCUT2D eigenvalue weighted by Gasteiger charge is 2.30. The van der Waals surface area contributed by atoms with Gasteiger partial charge in [-0.1, -0.05) is 42.8 Å². The van der Waals surface area contributed by atoms with Crippen LogP contribution in [0.25, 0.3) is 0 Å². The second-order valence-corrected chi connectivity index (χ2v) is 10.1. The van der Waals surface area contributed by atoms with E-state index in [0.717, 1.165) is 28.1 Å². The quantitative estimate of drug-likeness (QED) is 0.566. The van der Waals surface area contributed by atoms with E-state index in [-0.39, 0.29) is 12.5 Å². The Kier molecular flexibility index (Phi) is 9.09. The first-order valence-electron chi connectivity index (χ1n) is 10.4. The standard InChI is InChI=1S/C23H30ClN3O4S/c1-5-13-25-23(29)18(3)26(15-19-9-11-20(24)12-10-19)22(28)16-27(32(4,30)31)21-8-6-7-17(2)14-21/h6-12,14,18H,5,13,15-16H2,1-4H3,(H,25,29)/t18-/m0/s1. The molecule has 0 aliphatic carbocycles. The van der Waals surface area contributed by atoms with Crippen molar-refractivity contribution in [2.45, 2.75) is 39.8 Å². The average Bonchev–Trinajstić information content (AvgIpc) is 2.73. The Morgan fingerprint density at radius 1 is 1.12 bits per heavy atom. The topological polar surface area (TPSA) is 86.8 Å². The number of benzene rings is 2. The summed E-state index contributed by atoms with van der Waals surface area (Å²) in [6.45, 7) is 5.64. The van der Waals surface area contributed by atoms with Crippen molar-refractivity contribution in [1.82, 2.24) is 10.2 Å². The predicted octanol–water partition coefficient (Wildman–Crippen LogP) is 3.36. The first kappa shape index (κ1) is 25.7. The fourth-order valence-corrected chi connectivity index (χ4v) is 4.13. The number of halogens is 1. The monoisotopic (exact) mass is 479 g/mol. The molecule has 0 unspecified atom stereocenters. The van der Waals surface area contributed by atoms with Crippen LogP contribution in [0.5, 0.6) is 0 Å². The van der Waals surface area contributed by atoms with Crippen LogP contribution >= 0.6 is 11.6 Å². The zero-order valence-electron chi connectivity index (χ0n) is 18.8. The molecule has 2 aromatic carbocycles. The van der Waals surface area contributed by atoms with Gasteiger partial charge in [0.1, 0.15) is 12.6 Å². The van der Waals surface area contributed by atoms with Gasteiger partial charge < -0.3 is 10.2 Å². The summed E-state index contributed by atoms with van der Waals surface area (Å²) in [6, 6.07) is 13.1. The Morgan fingerprint density at radius 2 is 1.78 bits per heavy atom. The molecule has 32 heavy (non-hydrogen) atoms. The smallest absolute Gasteiger partial charge is 0.244 e. The Balaban J connectivity index is 2.35. The molecule has 2 amide bonds. The molecule has 0 heterocycles. The maximum absolute atomic E-state index is 13.4. The summed E-state index contributed by atoms with van der Waals surface area (Å²) in [6.07, 6.45) is 1.82. The molecule has 0 aliphatic heterocycles. The van der Waals surface area contributed by atoms with Crippen LogP contribution in [-0.4, -0.2) is 50.5 Å². The molecule has 0 fully saturated rings. The third kappa shape index (κ3) is 7.24. The van der Waals surface area contributed by atoms with Gasteiger partial charge in [0.2, 0.25) is 21.8 Å². The highest BCUT2D eigenvalue weighted by Crippen LogP contribution is 2.20. The highest BCUT2D eigenvalue weighted by molar-refractivity contribution is 7.92. The minimum Gasteiger partial charge on any atom is -0.354 e. The molecule has 0 saturated carbocycles. The third-order valence-electron chi connectivity index (χ3n) is 4.95. The van der Waals surface area contributed by atoms with E-state index < -0.39 is 28.5 Å². The van der Waals surface area contributed by atoms with E-state index in [1.54, 1.807) is 49.4 Å². The van der Waals surface area contributed by atoms with Crippen LogP contribution in [0.1, 0.15) is 31.4 Å². The molecule has 0 saturated heterocycles. The fraction of sp³-hybridized carbons (Fsp3) is 0.391. The molecule has 7 nitrogen and oxygen atoms in total. The minimum absolute atomic E-state index is 0.141. The number of hydrogen-bond donors (Lipinski definition) is 1. The molecule has 0 bridgehead atoms. The third-order valence-corrected chi connectivity index (χ3v) is 6.34. The number of amides is 2. The van der Waals surface area contributed by atoms with Crippen molar-refractivity contribution in [3.63, 3.8) is 0 Å². The SMILES string of the molecule is CCCNC(=O)[C@H](C)N(Cc1ccc(Cl)cc1)C(=O)CN(c1cccc(C)c1)S(C)(=O)=O.